The number of amides is 1. The fourth-order valence-corrected chi connectivity index (χ4v) is 3.34. The zero-order chi connectivity index (χ0) is 18.4. The molecular weight excluding hydrogens is 399 g/mol. The lowest BCUT2D eigenvalue weighted by Crippen LogP contribution is -2.16. The van der Waals surface area contributed by atoms with Crippen molar-refractivity contribution >= 4 is 51.6 Å². The molecule has 0 atom stereocenters. The Kier molecular flexibility index (Phi) is 6.85. The molecule has 0 fully saturated rings. The molecular formula is C13H13ClF3N5OS2. The average Bonchev–Trinajstić information content (AvgIpc) is 3.00. The van der Waals surface area contributed by atoms with Crippen molar-refractivity contribution in [3.63, 3.8) is 0 Å². The van der Waals surface area contributed by atoms with E-state index in [0.29, 0.717) is 21.7 Å². The third-order valence-corrected chi connectivity index (χ3v) is 4.99. The highest BCUT2D eigenvalue weighted by molar-refractivity contribution is 8.01. The van der Waals surface area contributed by atoms with Gasteiger partial charge in [0.05, 0.1) is 16.3 Å². The summed E-state index contributed by atoms with van der Waals surface area (Å²) in [6, 6.07) is 0.716. The van der Waals surface area contributed by atoms with Gasteiger partial charge in [-0.05, 0) is 12.5 Å². The number of rotatable bonds is 7. The molecule has 2 heterocycles. The van der Waals surface area contributed by atoms with E-state index in [2.05, 4.69) is 25.8 Å². The molecule has 1 amide bonds. The van der Waals surface area contributed by atoms with Crippen molar-refractivity contribution in [1.82, 2.24) is 15.2 Å². The highest BCUT2D eigenvalue weighted by Gasteiger charge is 2.31. The lowest BCUT2D eigenvalue weighted by molar-refractivity contribution is -0.137. The van der Waals surface area contributed by atoms with Gasteiger partial charge in [-0.2, -0.15) is 13.2 Å². The summed E-state index contributed by atoms with van der Waals surface area (Å²) in [5.74, 6) is -0.582. The Hall–Kier alpha value is -1.59. The Morgan fingerprint density at radius 1 is 1.40 bits per heavy atom. The first kappa shape index (κ1) is 19.7. The largest absolute Gasteiger partial charge is 0.417 e. The van der Waals surface area contributed by atoms with Crippen LogP contribution in [0, 0.1) is 0 Å². The summed E-state index contributed by atoms with van der Waals surface area (Å²) < 4.78 is 38.2. The maximum Gasteiger partial charge on any atom is 0.417 e. The number of hydrogen-bond acceptors (Lipinski definition) is 7. The summed E-state index contributed by atoms with van der Waals surface area (Å²) in [6.45, 7) is 2.80. The fraction of sp³-hybridized carbons (Fsp3) is 0.385. The number of halogens is 4. The van der Waals surface area contributed by atoms with E-state index >= 15 is 0 Å². The Morgan fingerprint density at radius 2 is 2.16 bits per heavy atom. The summed E-state index contributed by atoms with van der Waals surface area (Å²) >= 11 is 8.21. The molecule has 0 bridgehead atoms. The van der Waals surface area contributed by atoms with Crippen LogP contribution in [0.15, 0.2) is 16.6 Å². The van der Waals surface area contributed by atoms with Crippen molar-refractivity contribution in [1.29, 1.82) is 0 Å². The minimum Gasteiger partial charge on any atom is -0.360 e. The second-order valence-electron chi connectivity index (χ2n) is 4.69. The number of nitrogens with one attached hydrogen (secondary N) is 2. The number of carbonyl (C=O) groups excluding carboxylic acids is 1. The number of pyridine rings is 1. The summed E-state index contributed by atoms with van der Waals surface area (Å²) in [7, 11) is 0. The number of aromatic nitrogens is 3. The Labute approximate surface area is 154 Å². The smallest absolute Gasteiger partial charge is 0.360 e. The molecule has 12 heteroatoms. The predicted octanol–water partition coefficient (Wildman–Crippen LogP) is 4.16. The number of carbonyl (C=O) groups is 1. The van der Waals surface area contributed by atoms with Gasteiger partial charge < -0.3 is 10.6 Å². The SMILES string of the molecule is CCCNc1nnc(SCC(=O)Nc2ncc(C(F)(F)F)cc2Cl)s1. The van der Waals surface area contributed by atoms with Gasteiger partial charge in [0, 0.05) is 12.7 Å². The normalized spacial score (nSPS) is 11.4. The number of thioether (sulfide) groups is 1. The third kappa shape index (κ3) is 6.01. The molecule has 0 radical (unpaired) electrons. The summed E-state index contributed by atoms with van der Waals surface area (Å²) in [4.78, 5) is 15.4. The van der Waals surface area contributed by atoms with Crippen LogP contribution < -0.4 is 10.6 Å². The maximum atomic E-state index is 12.5. The lowest BCUT2D eigenvalue weighted by Gasteiger charge is -2.09. The zero-order valence-corrected chi connectivity index (χ0v) is 15.2. The molecule has 2 rings (SSSR count). The van der Waals surface area contributed by atoms with Crippen LogP contribution in [-0.4, -0.2) is 33.4 Å². The molecule has 0 unspecified atom stereocenters. The van der Waals surface area contributed by atoms with Gasteiger partial charge in [-0.1, -0.05) is 41.6 Å². The van der Waals surface area contributed by atoms with Crippen molar-refractivity contribution in [2.24, 2.45) is 0 Å². The Bertz CT molecular complexity index is 741. The van der Waals surface area contributed by atoms with E-state index < -0.39 is 17.6 Å². The molecule has 2 N–H and O–H groups in total. The molecule has 0 aliphatic carbocycles. The van der Waals surface area contributed by atoms with Crippen LogP contribution in [0.2, 0.25) is 5.02 Å². The predicted molar refractivity (Wildman–Crippen MR) is 92.3 cm³/mol. The molecule has 0 saturated carbocycles. The molecule has 6 nitrogen and oxygen atoms in total. The van der Waals surface area contributed by atoms with E-state index in [1.165, 1.54) is 11.3 Å². The maximum absolute atomic E-state index is 12.5. The molecule has 0 saturated heterocycles. The van der Waals surface area contributed by atoms with Gasteiger partial charge in [-0.3, -0.25) is 4.79 Å². The molecule has 0 spiro atoms. The molecule has 0 aliphatic rings. The Balaban J connectivity index is 1.89. The fourth-order valence-electron chi connectivity index (χ4n) is 1.55. The minimum absolute atomic E-state index is 0.00143. The number of anilines is 2. The van der Waals surface area contributed by atoms with E-state index in [1.54, 1.807) is 0 Å². The van der Waals surface area contributed by atoms with Gasteiger partial charge in [-0.25, -0.2) is 4.98 Å². The second kappa shape index (κ2) is 8.68. The van der Waals surface area contributed by atoms with E-state index in [4.69, 9.17) is 11.6 Å². The van der Waals surface area contributed by atoms with E-state index in [9.17, 15) is 18.0 Å². The first-order chi connectivity index (χ1) is 11.8. The molecule has 2 aromatic rings. The van der Waals surface area contributed by atoms with Crippen LogP contribution in [-0.2, 0) is 11.0 Å². The molecule has 2 aromatic heterocycles. The van der Waals surface area contributed by atoms with Gasteiger partial charge in [0.2, 0.25) is 11.0 Å². The van der Waals surface area contributed by atoms with Gasteiger partial charge >= 0.3 is 6.18 Å². The van der Waals surface area contributed by atoms with Crippen molar-refractivity contribution in [3.05, 3.63) is 22.8 Å². The zero-order valence-electron chi connectivity index (χ0n) is 12.9. The van der Waals surface area contributed by atoms with Crippen LogP contribution in [0.1, 0.15) is 18.9 Å². The number of nitrogens with zero attached hydrogens (tertiary/aromatic N) is 3. The van der Waals surface area contributed by atoms with Crippen molar-refractivity contribution < 1.29 is 18.0 Å². The topological polar surface area (TPSA) is 79.8 Å². The highest BCUT2D eigenvalue weighted by Crippen LogP contribution is 2.32. The quantitative estimate of drug-likeness (QED) is 0.666. The van der Waals surface area contributed by atoms with Gasteiger partial charge in [0.15, 0.2) is 10.2 Å². The van der Waals surface area contributed by atoms with Gasteiger partial charge in [-0.15, -0.1) is 10.2 Å². The third-order valence-electron chi connectivity index (χ3n) is 2.69. The number of alkyl halides is 3. The first-order valence-electron chi connectivity index (χ1n) is 7.02. The average molecular weight is 412 g/mol. The monoisotopic (exact) mass is 411 g/mol. The minimum atomic E-state index is -4.55. The van der Waals surface area contributed by atoms with Gasteiger partial charge in [0.1, 0.15) is 0 Å². The van der Waals surface area contributed by atoms with Crippen LogP contribution in [0.3, 0.4) is 0 Å². The summed E-state index contributed by atoms with van der Waals surface area (Å²) in [5, 5.41) is 13.7. The standard InChI is InChI=1S/C13H13ClF3N5OS2/c1-2-3-18-11-21-22-12(25-11)24-6-9(23)20-10-8(14)4-7(5-19-10)13(15,16)17/h4-5H,2-3,6H2,1H3,(H,18,21)(H,19,20,23). The summed E-state index contributed by atoms with van der Waals surface area (Å²) in [5.41, 5.74) is -0.981. The highest BCUT2D eigenvalue weighted by atomic mass is 35.5. The van der Waals surface area contributed by atoms with Crippen molar-refractivity contribution in [2.45, 2.75) is 23.9 Å². The van der Waals surface area contributed by atoms with Crippen LogP contribution in [0.5, 0.6) is 0 Å². The van der Waals surface area contributed by atoms with Crippen molar-refractivity contribution in [3.8, 4) is 0 Å². The molecule has 136 valence electrons. The van der Waals surface area contributed by atoms with Crippen LogP contribution in [0.25, 0.3) is 0 Å². The molecule has 0 aliphatic heterocycles. The van der Waals surface area contributed by atoms with Gasteiger partial charge in [0.25, 0.3) is 0 Å². The second-order valence-corrected chi connectivity index (χ2v) is 7.30. The van der Waals surface area contributed by atoms with E-state index in [0.717, 1.165) is 24.7 Å². The number of hydrogen-bond donors (Lipinski definition) is 2. The van der Waals surface area contributed by atoms with E-state index in [1.807, 2.05) is 6.92 Å². The van der Waals surface area contributed by atoms with Crippen molar-refractivity contribution in [2.75, 3.05) is 22.9 Å². The van der Waals surface area contributed by atoms with Crippen LogP contribution >= 0.6 is 34.7 Å². The Morgan fingerprint density at radius 3 is 2.80 bits per heavy atom. The van der Waals surface area contributed by atoms with Crippen LogP contribution in [0.4, 0.5) is 24.1 Å². The van der Waals surface area contributed by atoms with E-state index in [-0.39, 0.29) is 16.6 Å². The molecule has 25 heavy (non-hydrogen) atoms. The lowest BCUT2D eigenvalue weighted by atomic mass is 10.3. The first-order valence-corrected chi connectivity index (χ1v) is 9.20. The molecule has 0 aromatic carbocycles. The summed E-state index contributed by atoms with van der Waals surface area (Å²) in [6.07, 6.45) is -2.98.